The van der Waals surface area contributed by atoms with Crippen LogP contribution in [0.3, 0.4) is 0 Å². The molecule has 0 fully saturated rings. The fourth-order valence-electron chi connectivity index (χ4n) is 2.57. The first-order chi connectivity index (χ1) is 9.80. The fourth-order valence-corrected chi connectivity index (χ4v) is 2.57. The van der Waals surface area contributed by atoms with E-state index in [1.165, 1.54) is 6.07 Å². The van der Waals surface area contributed by atoms with E-state index in [0.717, 1.165) is 0 Å². The second kappa shape index (κ2) is 6.02. The summed E-state index contributed by atoms with van der Waals surface area (Å²) in [5, 5.41) is 12.2. The van der Waals surface area contributed by atoms with Crippen LogP contribution in [0.15, 0.2) is 18.2 Å². The largest absolute Gasteiger partial charge is 0.477 e. The third-order valence-corrected chi connectivity index (χ3v) is 3.43. The molecular weight excluding hydrogens is 273 g/mol. The normalized spacial score (nSPS) is 18.8. The van der Waals surface area contributed by atoms with Gasteiger partial charge in [-0.3, -0.25) is 4.79 Å². The number of nitrogens with one attached hydrogen (secondary N) is 1. The van der Waals surface area contributed by atoms with Crippen molar-refractivity contribution in [2.45, 2.75) is 45.8 Å². The first kappa shape index (κ1) is 15.8. The first-order valence-electron chi connectivity index (χ1n) is 7.15. The summed E-state index contributed by atoms with van der Waals surface area (Å²) < 4.78 is 19.0. The lowest BCUT2D eigenvalue weighted by atomic mass is 9.88. The van der Waals surface area contributed by atoms with Gasteiger partial charge in [-0.05, 0) is 17.9 Å². The van der Waals surface area contributed by atoms with E-state index < -0.39 is 11.9 Å². The summed E-state index contributed by atoms with van der Waals surface area (Å²) in [6.45, 7) is 5.99. The topological polar surface area (TPSA) is 58.6 Å². The van der Waals surface area contributed by atoms with Gasteiger partial charge in [0, 0.05) is 12.0 Å². The van der Waals surface area contributed by atoms with Crippen molar-refractivity contribution >= 4 is 5.91 Å². The van der Waals surface area contributed by atoms with Crippen molar-refractivity contribution in [3.05, 3.63) is 29.6 Å². The smallest absolute Gasteiger partial charge is 0.261 e. The van der Waals surface area contributed by atoms with Crippen LogP contribution >= 0.6 is 0 Å². The maximum atomic E-state index is 13.6. The van der Waals surface area contributed by atoms with Crippen molar-refractivity contribution < 1.29 is 19.0 Å². The monoisotopic (exact) mass is 295 g/mol. The molecular formula is C16H22FNO3. The summed E-state index contributed by atoms with van der Waals surface area (Å²) >= 11 is 0. The minimum Gasteiger partial charge on any atom is -0.477 e. The Morgan fingerprint density at radius 2 is 2.24 bits per heavy atom. The molecule has 0 spiro atoms. The predicted molar refractivity (Wildman–Crippen MR) is 77.6 cm³/mol. The zero-order chi connectivity index (χ0) is 15.6. The second-order valence-corrected chi connectivity index (χ2v) is 6.69. The molecule has 1 aromatic carbocycles. The summed E-state index contributed by atoms with van der Waals surface area (Å²) in [5.74, 6) is -0.598. The van der Waals surface area contributed by atoms with Gasteiger partial charge >= 0.3 is 0 Å². The Morgan fingerprint density at radius 3 is 2.81 bits per heavy atom. The Hall–Kier alpha value is -1.62. The van der Waals surface area contributed by atoms with Gasteiger partial charge in [-0.25, -0.2) is 4.39 Å². The maximum Gasteiger partial charge on any atom is 0.261 e. The quantitative estimate of drug-likeness (QED) is 0.893. The van der Waals surface area contributed by atoms with Gasteiger partial charge < -0.3 is 15.2 Å². The number of hydrogen-bond donors (Lipinski definition) is 2. The van der Waals surface area contributed by atoms with Crippen molar-refractivity contribution in [3.8, 4) is 5.75 Å². The molecule has 0 saturated heterocycles. The molecule has 2 rings (SSSR count). The highest BCUT2D eigenvalue weighted by molar-refractivity contribution is 5.82. The Kier molecular flexibility index (Phi) is 4.52. The summed E-state index contributed by atoms with van der Waals surface area (Å²) in [7, 11) is 0. The highest BCUT2D eigenvalue weighted by Gasteiger charge is 2.32. The molecule has 21 heavy (non-hydrogen) atoms. The number of rotatable bonds is 4. The zero-order valence-corrected chi connectivity index (χ0v) is 12.6. The van der Waals surface area contributed by atoms with Crippen molar-refractivity contribution in [2.75, 3.05) is 6.61 Å². The van der Waals surface area contributed by atoms with E-state index in [9.17, 15) is 14.3 Å². The number of benzene rings is 1. The van der Waals surface area contributed by atoms with Crippen molar-refractivity contribution in [3.63, 3.8) is 0 Å². The third kappa shape index (κ3) is 3.94. The second-order valence-electron chi connectivity index (χ2n) is 6.69. The molecule has 0 saturated carbocycles. The Bertz CT molecular complexity index is 525. The average molecular weight is 295 g/mol. The van der Waals surface area contributed by atoms with Crippen molar-refractivity contribution in [2.24, 2.45) is 5.41 Å². The molecule has 5 heteroatoms. The van der Waals surface area contributed by atoms with Gasteiger partial charge in [-0.15, -0.1) is 0 Å². The van der Waals surface area contributed by atoms with Gasteiger partial charge in [-0.2, -0.15) is 0 Å². The molecule has 1 aliphatic heterocycles. The van der Waals surface area contributed by atoms with Gasteiger partial charge in [-0.1, -0.05) is 32.9 Å². The predicted octanol–water partition coefficient (Wildman–Crippen LogP) is 2.04. The minimum atomic E-state index is -0.731. The molecule has 0 radical (unpaired) electrons. The zero-order valence-electron chi connectivity index (χ0n) is 12.6. The minimum absolute atomic E-state index is 0.00766. The molecule has 1 aliphatic rings. The molecule has 1 aromatic rings. The summed E-state index contributed by atoms with van der Waals surface area (Å²) in [4.78, 5) is 12.2. The molecule has 2 unspecified atom stereocenters. The Labute approximate surface area is 124 Å². The van der Waals surface area contributed by atoms with E-state index in [2.05, 4.69) is 5.32 Å². The van der Waals surface area contributed by atoms with Crippen LogP contribution in [-0.4, -0.2) is 29.8 Å². The van der Waals surface area contributed by atoms with E-state index in [-0.39, 0.29) is 29.7 Å². The summed E-state index contributed by atoms with van der Waals surface area (Å²) in [6.07, 6.45) is 0.279. The van der Waals surface area contributed by atoms with Crippen LogP contribution in [0.5, 0.6) is 5.75 Å². The molecule has 1 heterocycles. The van der Waals surface area contributed by atoms with Crippen LogP contribution in [0.25, 0.3) is 0 Å². The van der Waals surface area contributed by atoms with E-state index in [1.54, 1.807) is 12.1 Å². The van der Waals surface area contributed by atoms with E-state index in [1.807, 2.05) is 20.8 Å². The summed E-state index contributed by atoms with van der Waals surface area (Å²) in [5.41, 5.74) is 0.693. The van der Waals surface area contributed by atoms with Crippen molar-refractivity contribution in [1.29, 1.82) is 0 Å². The first-order valence-corrected chi connectivity index (χ1v) is 7.15. The van der Waals surface area contributed by atoms with Gasteiger partial charge in [0.05, 0.1) is 12.6 Å². The molecule has 0 aliphatic carbocycles. The lowest BCUT2D eigenvalue weighted by Gasteiger charge is -2.26. The molecule has 1 amide bonds. The van der Waals surface area contributed by atoms with Crippen LogP contribution < -0.4 is 10.1 Å². The molecule has 0 aromatic heterocycles. The number of para-hydroxylation sites is 1. The van der Waals surface area contributed by atoms with Crippen LogP contribution in [-0.2, 0) is 11.2 Å². The number of aliphatic hydroxyl groups excluding tert-OH is 1. The summed E-state index contributed by atoms with van der Waals surface area (Å²) in [6, 6.07) is 4.35. The number of carbonyl (C=O) groups excluding carboxylic acids is 1. The van der Waals surface area contributed by atoms with Gasteiger partial charge in [0.15, 0.2) is 17.7 Å². The van der Waals surface area contributed by atoms with Crippen molar-refractivity contribution in [1.82, 2.24) is 5.32 Å². The molecule has 2 N–H and O–H groups in total. The average Bonchev–Trinajstić information content (AvgIpc) is 2.82. The SMILES string of the molecule is CC(C)(C)CC(CO)NC(=O)C1Cc2cccc(F)c2O1. The lowest BCUT2D eigenvalue weighted by molar-refractivity contribution is -0.128. The molecule has 116 valence electrons. The maximum absolute atomic E-state index is 13.6. The van der Waals surface area contributed by atoms with Gasteiger partial charge in [0.2, 0.25) is 0 Å². The number of fused-ring (bicyclic) bond motifs is 1. The Morgan fingerprint density at radius 1 is 1.52 bits per heavy atom. The molecule has 2 atom stereocenters. The highest BCUT2D eigenvalue weighted by atomic mass is 19.1. The van der Waals surface area contributed by atoms with E-state index >= 15 is 0 Å². The number of ether oxygens (including phenoxy) is 1. The van der Waals surface area contributed by atoms with Crippen LogP contribution in [0.1, 0.15) is 32.8 Å². The highest BCUT2D eigenvalue weighted by Crippen LogP contribution is 2.31. The fraction of sp³-hybridized carbons (Fsp3) is 0.562. The number of amides is 1. The molecule has 4 nitrogen and oxygen atoms in total. The number of halogens is 1. The van der Waals surface area contributed by atoms with Gasteiger partial charge in [0.1, 0.15) is 0 Å². The van der Waals surface area contributed by atoms with Crippen LogP contribution in [0.2, 0.25) is 0 Å². The van der Waals surface area contributed by atoms with Crippen LogP contribution in [0, 0.1) is 11.2 Å². The number of hydrogen-bond acceptors (Lipinski definition) is 3. The van der Waals surface area contributed by atoms with E-state index in [0.29, 0.717) is 18.4 Å². The number of aliphatic hydroxyl groups is 1. The number of carbonyl (C=O) groups is 1. The molecule has 0 bridgehead atoms. The van der Waals surface area contributed by atoms with Gasteiger partial charge in [0.25, 0.3) is 5.91 Å². The lowest BCUT2D eigenvalue weighted by Crippen LogP contribution is -2.46. The third-order valence-electron chi connectivity index (χ3n) is 3.43. The van der Waals surface area contributed by atoms with Crippen LogP contribution in [0.4, 0.5) is 4.39 Å². The standard InChI is InChI=1S/C16H22FNO3/c1-16(2,3)8-11(9-19)18-15(20)13-7-10-5-4-6-12(17)14(10)21-13/h4-6,11,13,19H,7-9H2,1-3H3,(H,18,20). The van der Waals surface area contributed by atoms with E-state index in [4.69, 9.17) is 4.74 Å². The Balaban J connectivity index is 1.98.